The standard InChI is InChI=1S/C16H29NO11/c1-6(20)17-9-11(22)13(8(5-19)27-15(9)25-3)28-16-14(24-2)12(23)10(21)7(4-18)26-16/h7-16,18-19,21-23H,4-5H2,1-3H3,(H,17,20)/t7-,8-,9-,10-,11+,12-,13+,14-,15+,16-/m0/s1. The van der Waals surface area contributed by atoms with Crippen LogP contribution in [0.1, 0.15) is 6.92 Å². The van der Waals surface area contributed by atoms with Crippen LogP contribution >= 0.6 is 0 Å². The minimum absolute atomic E-state index is 0.446. The summed E-state index contributed by atoms with van der Waals surface area (Å²) >= 11 is 0. The van der Waals surface area contributed by atoms with Crippen molar-refractivity contribution in [2.24, 2.45) is 0 Å². The van der Waals surface area contributed by atoms with Crippen molar-refractivity contribution in [2.75, 3.05) is 27.4 Å². The van der Waals surface area contributed by atoms with Crippen LogP contribution in [0.2, 0.25) is 0 Å². The van der Waals surface area contributed by atoms with Crippen LogP contribution in [0.3, 0.4) is 0 Å². The van der Waals surface area contributed by atoms with E-state index < -0.39 is 80.5 Å². The lowest BCUT2D eigenvalue weighted by Crippen LogP contribution is -2.67. The molecule has 0 unspecified atom stereocenters. The molecule has 0 aromatic carbocycles. The van der Waals surface area contributed by atoms with Gasteiger partial charge in [0.05, 0.1) is 13.2 Å². The highest BCUT2D eigenvalue weighted by Crippen LogP contribution is 2.30. The Morgan fingerprint density at radius 1 is 0.893 bits per heavy atom. The van der Waals surface area contributed by atoms with E-state index >= 15 is 0 Å². The number of amides is 1. The zero-order valence-corrected chi connectivity index (χ0v) is 15.9. The van der Waals surface area contributed by atoms with Crippen molar-refractivity contribution in [3.63, 3.8) is 0 Å². The van der Waals surface area contributed by atoms with Gasteiger partial charge in [-0.3, -0.25) is 4.79 Å². The fraction of sp³-hybridized carbons (Fsp3) is 0.938. The van der Waals surface area contributed by atoms with Crippen molar-refractivity contribution in [2.45, 2.75) is 68.3 Å². The fourth-order valence-electron chi connectivity index (χ4n) is 3.40. The zero-order chi connectivity index (χ0) is 21.0. The minimum Gasteiger partial charge on any atom is -0.394 e. The summed E-state index contributed by atoms with van der Waals surface area (Å²) in [4.78, 5) is 11.5. The maximum Gasteiger partial charge on any atom is 0.217 e. The summed E-state index contributed by atoms with van der Waals surface area (Å²) in [6.07, 6.45) is -11.2. The van der Waals surface area contributed by atoms with E-state index in [0.29, 0.717) is 0 Å². The lowest BCUT2D eigenvalue weighted by molar-refractivity contribution is -0.349. The molecule has 12 heteroatoms. The Labute approximate surface area is 161 Å². The van der Waals surface area contributed by atoms with Crippen molar-refractivity contribution >= 4 is 5.91 Å². The molecule has 28 heavy (non-hydrogen) atoms. The van der Waals surface area contributed by atoms with Gasteiger partial charge >= 0.3 is 0 Å². The molecule has 0 radical (unpaired) electrons. The Bertz CT molecular complexity index is 509. The summed E-state index contributed by atoms with van der Waals surface area (Å²) in [6, 6.07) is -1.01. The summed E-state index contributed by atoms with van der Waals surface area (Å²) in [5, 5.41) is 52.4. The maximum atomic E-state index is 11.5. The lowest BCUT2D eigenvalue weighted by Gasteiger charge is -2.47. The average molecular weight is 411 g/mol. The summed E-state index contributed by atoms with van der Waals surface area (Å²) in [7, 11) is 2.58. The molecule has 2 fully saturated rings. The molecule has 2 aliphatic rings. The second kappa shape index (κ2) is 10.2. The van der Waals surface area contributed by atoms with E-state index in [1.165, 1.54) is 21.1 Å². The van der Waals surface area contributed by atoms with Crippen LogP contribution in [0.4, 0.5) is 0 Å². The summed E-state index contributed by atoms with van der Waals surface area (Å²) in [5.41, 5.74) is 0. The van der Waals surface area contributed by atoms with Crippen molar-refractivity contribution in [3.05, 3.63) is 0 Å². The van der Waals surface area contributed by atoms with E-state index in [9.17, 15) is 30.3 Å². The second-order valence-corrected chi connectivity index (χ2v) is 6.69. The third-order valence-electron chi connectivity index (χ3n) is 4.84. The molecule has 0 bridgehead atoms. The largest absolute Gasteiger partial charge is 0.394 e. The molecule has 0 aromatic heterocycles. The molecule has 6 N–H and O–H groups in total. The van der Waals surface area contributed by atoms with Crippen LogP contribution in [0.5, 0.6) is 0 Å². The number of nitrogens with one attached hydrogen (secondary N) is 1. The molecule has 164 valence electrons. The average Bonchev–Trinajstić information content (AvgIpc) is 2.67. The fourth-order valence-corrected chi connectivity index (χ4v) is 3.40. The third kappa shape index (κ3) is 4.79. The summed E-state index contributed by atoms with van der Waals surface area (Å²) in [5.74, 6) is -0.446. The second-order valence-electron chi connectivity index (χ2n) is 6.69. The molecule has 2 heterocycles. The van der Waals surface area contributed by atoms with Crippen LogP contribution in [0, 0.1) is 0 Å². The normalized spacial score (nSPS) is 44.3. The molecule has 0 saturated carbocycles. The van der Waals surface area contributed by atoms with Gasteiger partial charge in [0.15, 0.2) is 12.6 Å². The molecule has 0 aliphatic carbocycles. The number of aliphatic hydroxyl groups excluding tert-OH is 5. The topological polar surface area (TPSA) is 176 Å². The molecule has 1 amide bonds. The molecular formula is C16H29NO11. The van der Waals surface area contributed by atoms with E-state index in [-0.39, 0.29) is 0 Å². The predicted octanol–water partition coefficient (Wildman–Crippen LogP) is -3.95. The van der Waals surface area contributed by atoms with Gasteiger partial charge in [-0.05, 0) is 0 Å². The number of hydrogen-bond donors (Lipinski definition) is 6. The van der Waals surface area contributed by atoms with Crippen molar-refractivity contribution < 1.29 is 54.0 Å². The number of rotatable bonds is 7. The molecule has 10 atom stereocenters. The van der Waals surface area contributed by atoms with Gasteiger partial charge in [0, 0.05) is 21.1 Å². The first-order valence-corrected chi connectivity index (χ1v) is 8.84. The van der Waals surface area contributed by atoms with Crippen LogP contribution in [-0.2, 0) is 28.5 Å². The Hall–Kier alpha value is -0.930. The third-order valence-corrected chi connectivity index (χ3v) is 4.84. The van der Waals surface area contributed by atoms with Gasteiger partial charge in [-0.25, -0.2) is 0 Å². The van der Waals surface area contributed by atoms with Crippen molar-refractivity contribution in [1.29, 1.82) is 0 Å². The smallest absolute Gasteiger partial charge is 0.217 e. The van der Waals surface area contributed by atoms with Gasteiger partial charge in [-0.2, -0.15) is 0 Å². The molecule has 2 aliphatic heterocycles. The van der Waals surface area contributed by atoms with Crippen LogP contribution in [-0.4, -0.2) is 120 Å². The molecule has 12 nitrogen and oxygen atoms in total. The molecular weight excluding hydrogens is 382 g/mol. The number of aliphatic hydroxyl groups is 5. The molecule has 0 spiro atoms. The quantitative estimate of drug-likeness (QED) is 0.241. The highest BCUT2D eigenvalue weighted by Gasteiger charge is 2.51. The van der Waals surface area contributed by atoms with Gasteiger partial charge in [0.1, 0.15) is 48.8 Å². The van der Waals surface area contributed by atoms with E-state index in [1.54, 1.807) is 0 Å². The molecule has 0 aromatic rings. The lowest BCUT2D eigenvalue weighted by atomic mass is 9.95. The molecule has 2 rings (SSSR count). The Kier molecular flexibility index (Phi) is 8.51. The van der Waals surface area contributed by atoms with Gasteiger partial charge < -0.3 is 54.5 Å². The van der Waals surface area contributed by atoms with Gasteiger partial charge in [-0.1, -0.05) is 0 Å². The summed E-state index contributed by atoms with van der Waals surface area (Å²) < 4.78 is 27.0. The first kappa shape index (κ1) is 23.3. The number of ether oxygens (including phenoxy) is 5. The van der Waals surface area contributed by atoms with Crippen LogP contribution < -0.4 is 5.32 Å². The van der Waals surface area contributed by atoms with E-state index in [4.69, 9.17) is 23.7 Å². The van der Waals surface area contributed by atoms with Crippen LogP contribution in [0.25, 0.3) is 0 Å². The number of carbonyl (C=O) groups excluding carboxylic acids is 1. The van der Waals surface area contributed by atoms with Crippen LogP contribution in [0.15, 0.2) is 0 Å². The van der Waals surface area contributed by atoms with Gasteiger partial charge in [-0.15, -0.1) is 0 Å². The maximum absolute atomic E-state index is 11.5. The predicted molar refractivity (Wildman–Crippen MR) is 89.8 cm³/mol. The van der Waals surface area contributed by atoms with E-state index in [0.717, 1.165) is 0 Å². The number of carbonyl (C=O) groups is 1. The monoisotopic (exact) mass is 411 g/mol. The van der Waals surface area contributed by atoms with E-state index in [1.807, 2.05) is 0 Å². The van der Waals surface area contributed by atoms with Crippen molar-refractivity contribution in [3.8, 4) is 0 Å². The SMILES string of the molecule is CO[C@@H]1O[C@@H](CO)[C@@H](O[C@@H]2O[C@@H](CO)[C@H](O)[C@H](O)[C@@H]2OC)[C@H](O)[C@@H]1NC(C)=O. The van der Waals surface area contributed by atoms with Gasteiger partial charge in [0.25, 0.3) is 0 Å². The highest BCUT2D eigenvalue weighted by atomic mass is 16.7. The van der Waals surface area contributed by atoms with E-state index in [2.05, 4.69) is 5.32 Å². The Morgan fingerprint density at radius 3 is 2.00 bits per heavy atom. The number of methoxy groups -OCH3 is 2. The zero-order valence-electron chi connectivity index (χ0n) is 15.9. The minimum atomic E-state index is -1.44. The summed E-state index contributed by atoms with van der Waals surface area (Å²) in [6.45, 7) is 0.109. The van der Waals surface area contributed by atoms with Crippen molar-refractivity contribution in [1.82, 2.24) is 5.32 Å². The first-order valence-electron chi connectivity index (χ1n) is 8.84. The number of hydrogen-bond acceptors (Lipinski definition) is 11. The molecule has 2 saturated heterocycles. The Morgan fingerprint density at radius 2 is 1.50 bits per heavy atom. The van der Waals surface area contributed by atoms with Gasteiger partial charge in [0.2, 0.25) is 5.91 Å². The highest BCUT2D eigenvalue weighted by molar-refractivity contribution is 5.73. The first-order chi connectivity index (χ1) is 13.3. The Balaban J connectivity index is 2.23.